The molecule has 0 radical (unpaired) electrons. The quantitative estimate of drug-likeness (QED) is 0.240. The number of nitrogens with zero attached hydrogens (tertiary/aromatic N) is 3. The zero-order valence-electron chi connectivity index (χ0n) is 22.5. The summed E-state index contributed by atoms with van der Waals surface area (Å²) < 4.78 is 13.6. The van der Waals surface area contributed by atoms with Crippen molar-refractivity contribution in [1.29, 1.82) is 0 Å². The minimum Gasteiger partial charge on any atom is -0.335 e. The fourth-order valence-corrected chi connectivity index (χ4v) is 6.49. The number of halogens is 1. The maximum Gasteiger partial charge on any atom is 0.273 e. The van der Waals surface area contributed by atoms with Gasteiger partial charge >= 0.3 is 0 Å². The van der Waals surface area contributed by atoms with E-state index in [0.717, 1.165) is 38.8 Å². The molecule has 39 heavy (non-hydrogen) atoms. The van der Waals surface area contributed by atoms with E-state index in [2.05, 4.69) is 34.9 Å². The van der Waals surface area contributed by atoms with Crippen LogP contribution in [0.1, 0.15) is 65.1 Å². The van der Waals surface area contributed by atoms with Crippen LogP contribution in [0, 0.1) is 28.8 Å². The number of para-hydroxylation sites is 1. The summed E-state index contributed by atoms with van der Waals surface area (Å²) in [7, 11) is 0. The Hall–Kier alpha value is -3.58. The van der Waals surface area contributed by atoms with Gasteiger partial charge in [0.2, 0.25) is 0 Å². The molecule has 0 aromatic heterocycles. The van der Waals surface area contributed by atoms with Crippen LogP contribution >= 0.6 is 0 Å². The SMILES string of the molecule is Cc1ccccc1[C@@H]1CN(Cc2ccccc2[N+](=O)[O-])C[C@H]1CN(C(=O)c1ccc(F)cc1)C1CCCCC1. The van der Waals surface area contributed by atoms with Crippen molar-refractivity contribution in [2.45, 2.75) is 57.5 Å². The number of likely N-dealkylation sites (tertiary alicyclic amines) is 1. The minimum absolute atomic E-state index is 0.0393. The maximum atomic E-state index is 13.9. The largest absolute Gasteiger partial charge is 0.335 e. The van der Waals surface area contributed by atoms with Crippen LogP contribution < -0.4 is 0 Å². The predicted octanol–water partition coefficient (Wildman–Crippen LogP) is 6.73. The van der Waals surface area contributed by atoms with Crippen LogP contribution in [-0.4, -0.2) is 46.3 Å². The van der Waals surface area contributed by atoms with Crippen LogP contribution in [0.4, 0.5) is 10.1 Å². The third-order valence-corrected chi connectivity index (χ3v) is 8.49. The van der Waals surface area contributed by atoms with Crippen LogP contribution in [0.3, 0.4) is 0 Å². The van der Waals surface area contributed by atoms with E-state index in [0.29, 0.717) is 24.2 Å². The normalized spacial score (nSPS) is 20.2. The Morgan fingerprint density at radius 1 is 0.974 bits per heavy atom. The minimum atomic E-state index is -0.350. The molecule has 1 aliphatic carbocycles. The van der Waals surface area contributed by atoms with E-state index < -0.39 is 0 Å². The molecular weight excluding hydrogens is 493 g/mol. The topological polar surface area (TPSA) is 66.7 Å². The molecule has 1 amide bonds. The van der Waals surface area contributed by atoms with Crippen molar-refractivity contribution in [1.82, 2.24) is 9.80 Å². The Morgan fingerprint density at radius 3 is 2.38 bits per heavy atom. The van der Waals surface area contributed by atoms with E-state index in [1.165, 1.54) is 29.7 Å². The molecule has 204 valence electrons. The van der Waals surface area contributed by atoms with Crippen molar-refractivity contribution < 1.29 is 14.1 Å². The summed E-state index contributed by atoms with van der Waals surface area (Å²) in [6.07, 6.45) is 5.36. The second-order valence-corrected chi connectivity index (χ2v) is 11.1. The molecule has 2 fully saturated rings. The average molecular weight is 530 g/mol. The first-order valence-corrected chi connectivity index (χ1v) is 14.0. The third-order valence-electron chi connectivity index (χ3n) is 8.49. The molecule has 1 saturated carbocycles. The monoisotopic (exact) mass is 529 g/mol. The molecule has 2 atom stereocenters. The van der Waals surface area contributed by atoms with Crippen LogP contribution in [0.2, 0.25) is 0 Å². The van der Waals surface area contributed by atoms with Gasteiger partial charge in [-0.2, -0.15) is 0 Å². The summed E-state index contributed by atoms with van der Waals surface area (Å²) in [6, 6.07) is 21.4. The van der Waals surface area contributed by atoms with E-state index in [9.17, 15) is 19.3 Å². The van der Waals surface area contributed by atoms with Crippen molar-refractivity contribution in [2.24, 2.45) is 5.92 Å². The van der Waals surface area contributed by atoms with Gasteiger partial charge in [0.1, 0.15) is 5.82 Å². The molecule has 1 heterocycles. The number of amides is 1. The molecule has 2 aliphatic rings. The van der Waals surface area contributed by atoms with Crippen molar-refractivity contribution in [3.63, 3.8) is 0 Å². The first-order chi connectivity index (χ1) is 18.9. The van der Waals surface area contributed by atoms with Gasteiger partial charge in [-0.3, -0.25) is 19.8 Å². The highest BCUT2D eigenvalue weighted by molar-refractivity contribution is 5.94. The maximum absolute atomic E-state index is 13.9. The third kappa shape index (κ3) is 6.19. The molecule has 6 nitrogen and oxygen atoms in total. The van der Waals surface area contributed by atoms with Crippen LogP contribution in [0.5, 0.6) is 0 Å². The summed E-state index contributed by atoms with van der Waals surface area (Å²) in [5.74, 6) is -0.0272. The fraction of sp³-hybridized carbons (Fsp3) is 0.406. The molecule has 1 saturated heterocycles. The zero-order valence-corrected chi connectivity index (χ0v) is 22.5. The highest BCUT2D eigenvalue weighted by atomic mass is 19.1. The second kappa shape index (κ2) is 12.1. The van der Waals surface area contributed by atoms with E-state index in [4.69, 9.17) is 0 Å². The highest BCUT2D eigenvalue weighted by Gasteiger charge is 2.38. The van der Waals surface area contributed by atoms with Gasteiger partial charge in [-0.15, -0.1) is 0 Å². The number of benzene rings is 3. The van der Waals surface area contributed by atoms with E-state index in [1.807, 2.05) is 18.2 Å². The zero-order chi connectivity index (χ0) is 27.4. The molecule has 0 spiro atoms. The number of nitro benzene ring substituents is 1. The summed E-state index contributed by atoms with van der Waals surface area (Å²) in [6.45, 7) is 4.73. The van der Waals surface area contributed by atoms with Gasteiger partial charge in [-0.25, -0.2) is 4.39 Å². The first-order valence-electron chi connectivity index (χ1n) is 14.0. The lowest BCUT2D eigenvalue weighted by Crippen LogP contribution is -2.45. The second-order valence-electron chi connectivity index (χ2n) is 11.1. The van der Waals surface area contributed by atoms with Gasteiger partial charge in [0.05, 0.1) is 4.92 Å². The number of carbonyl (C=O) groups is 1. The molecule has 5 rings (SSSR count). The van der Waals surface area contributed by atoms with Gasteiger partial charge in [-0.05, 0) is 61.1 Å². The number of hydrogen-bond acceptors (Lipinski definition) is 4. The van der Waals surface area contributed by atoms with Crippen molar-refractivity contribution in [3.05, 3.63) is 111 Å². The Kier molecular flexibility index (Phi) is 8.36. The smallest absolute Gasteiger partial charge is 0.273 e. The van der Waals surface area contributed by atoms with E-state index in [-0.39, 0.29) is 40.2 Å². The lowest BCUT2D eigenvalue weighted by atomic mass is 9.85. The van der Waals surface area contributed by atoms with E-state index >= 15 is 0 Å². The summed E-state index contributed by atoms with van der Waals surface area (Å²) in [5, 5.41) is 11.7. The Labute approximate surface area is 229 Å². The van der Waals surface area contributed by atoms with Gasteiger partial charge in [0.15, 0.2) is 0 Å². The molecule has 0 unspecified atom stereocenters. The molecule has 1 aliphatic heterocycles. The standard InChI is InChI=1S/C32H36FN3O3/c1-23-9-5-7-13-29(23)30-22-34(19-25-10-6-8-14-31(25)36(38)39)20-26(30)21-35(28-11-3-2-4-12-28)32(37)24-15-17-27(33)18-16-24/h5-10,13-18,26,28,30H,2-4,11-12,19-22H2,1H3/t26-,30+/m0/s1. The van der Waals surface area contributed by atoms with Gasteiger partial charge in [0, 0.05) is 55.3 Å². The summed E-state index contributed by atoms with van der Waals surface area (Å²) >= 11 is 0. The summed E-state index contributed by atoms with van der Waals surface area (Å²) in [5.41, 5.74) is 3.85. The van der Waals surface area contributed by atoms with Crippen LogP contribution in [-0.2, 0) is 6.54 Å². The lowest BCUT2D eigenvalue weighted by molar-refractivity contribution is -0.385. The highest BCUT2D eigenvalue weighted by Crippen LogP contribution is 2.38. The van der Waals surface area contributed by atoms with Crippen molar-refractivity contribution in [2.75, 3.05) is 19.6 Å². The molecule has 0 bridgehead atoms. The Bertz CT molecular complexity index is 1310. The molecule has 7 heteroatoms. The Balaban J connectivity index is 1.45. The number of hydrogen-bond donors (Lipinski definition) is 0. The molecule has 0 N–H and O–H groups in total. The van der Waals surface area contributed by atoms with Gasteiger partial charge in [-0.1, -0.05) is 61.7 Å². The van der Waals surface area contributed by atoms with Gasteiger partial charge in [0.25, 0.3) is 11.6 Å². The number of carbonyl (C=O) groups excluding carboxylic acids is 1. The Morgan fingerprint density at radius 2 is 1.67 bits per heavy atom. The average Bonchev–Trinajstić information content (AvgIpc) is 3.34. The molecule has 3 aromatic carbocycles. The first kappa shape index (κ1) is 27.0. The summed E-state index contributed by atoms with van der Waals surface area (Å²) in [4.78, 5) is 29.6. The van der Waals surface area contributed by atoms with Gasteiger partial charge < -0.3 is 4.90 Å². The van der Waals surface area contributed by atoms with Crippen molar-refractivity contribution >= 4 is 11.6 Å². The lowest BCUT2D eigenvalue weighted by Gasteiger charge is -2.37. The van der Waals surface area contributed by atoms with E-state index in [1.54, 1.807) is 24.3 Å². The number of nitro groups is 1. The number of aryl methyl sites for hydroxylation is 1. The fourth-order valence-electron chi connectivity index (χ4n) is 6.49. The molecular formula is C32H36FN3O3. The van der Waals surface area contributed by atoms with Crippen LogP contribution in [0.25, 0.3) is 0 Å². The number of rotatable bonds is 8. The van der Waals surface area contributed by atoms with Crippen molar-refractivity contribution in [3.8, 4) is 0 Å². The predicted molar refractivity (Wildman–Crippen MR) is 150 cm³/mol. The van der Waals surface area contributed by atoms with Crippen LogP contribution in [0.15, 0.2) is 72.8 Å². The molecule has 3 aromatic rings.